The highest BCUT2D eigenvalue weighted by atomic mass is 35.5. The Morgan fingerprint density at radius 1 is 1.24 bits per heavy atom. The summed E-state index contributed by atoms with van der Waals surface area (Å²) in [5, 5.41) is 13.0. The van der Waals surface area contributed by atoms with Gasteiger partial charge in [-0.2, -0.15) is 0 Å². The van der Waals surface area contributed by atoms with Crippen LogP contribution in [0.1, 0.15) is 37.2 Å². The lowest BCUT2D eigenvalue weighted by atomic mass is 9.99. The summed E-state index contributed by atoms with van der Waals surface area (Å²) in [6.45, 7) is -0.208. The molecule has 1 aromatic rings. The minimum atomic E-state index is -0.566. The second-order valence-corrected chi connectivity index (χ2v) is 5.81. The molecule has 0 spiro atoms. The monoisotopic (exact) mass is 311 g/mol. The largest absolute Gasteiger partial charge is 0.462 e. The summed E-state index contributed by atoms with van der Waals surface area (Å²) in [5.41, 5.74) is 0.817. The van der Waals surface area contributed by atoms with Crippen molar-refractivity contribution in [2.45, 2.75) is 49.8 Å². The first-order chi connectivity index (χ1) is 9.76. The predicted octanol–water partition coefficient (Wildman–Crippen LogP) is 2.01. The van der Waals surface area contributed by atoms with Gasteiger partial charge in [0.05, 0.1) is 6.61 Å². The molecule has 2 aliphatic rings. The number of carbonyl (C=O) groups excluding carboxylic acids is 1. The second kappa shape index (κ2) is 7.25. The first-order valence-corrected chi connectivity index (χ1v) is 7.38. The van der Waals surface area contributed by atoms with Crippen molar-refractivity contribution in [1.29, 1.82) is 0 Å². The number of halogens is 1. The molecule has 2 N–H and O–H groups in total. The van der Waals surface area contributed by atoms with Crippen LogP contribution in [-0.4, -0.2) is 35.9 Å². The Bertz CT molecular complexity index is 456. The van der Waals surface area contributed by atoms with Gasteiger partial charge in [0.25, 0.3) is 0 Å². The van der Waals surface area contributed by atoms with E-state index in [1.54, 1.807) is 0 Å². The van der Waals surface area contributed by atoms with Gasteiger partial charge in [-0.25, -0.2) is 0 Å². The Hall–Kier alpha value is -1.10. The molecule has 2 fully saturated rings. The molecule has 2 heterocycles. The minimum absolute atomic E-state index is 0. The molecule has 21 heavy (non-hydrogen) atoms. The van der Waals surface area contributed by atoms with Crippen molar-refractivity contribution in [2.75, 3.05) is 6.61 Å². The topological polar surface area (TPSA) is 58.6 Å². The number of benzene rings is 1. The molecule has 2 bridgehead atoms. The van der Waals surface area contributed by atoms with E-state index >= 15 is 0 Å². The van der Waals surface area contributed by atoms with E-state index in [0.29, 0.717) is 12.1 Å². The van der Waals surface area contributed by atoms with E-state index in [9.17, 15) is 9.90 Å². The van der Waals surface area contributed by atoms with E-state index in [2.05, 4.69) is 5.32 Å². The Labute approximate surface area is 131 Å². The summed E-state index contributed by atoms with van der Waals surface area (Å²) < 4.78 is 5.64. The summed E-state index contributed by atoms with van der Waals surface area (Å²) in [6, 6.07) is 10.3. The van der Waals surface area contributed by atoms with Crippen LogP contribution in [0.3, 0.4) is 0 Å². The van der Waals surface area contributed by atoms with E-state index < -0.39 is 5.92 Å². The fourth-order valence-corrected chi connectivity index (χ4v) is 3.35. The van der Waals surface area contributed by atoms with E-state index in [1.165, 1.54) is 12.8 Å². The number of aliphatic hydroxyl groups is 1. The van der Waals surface area contributed by atoms with Gasteiger partial charge in [0.2, 0.25) is 0 Å². The number of nitrogens with one attached hydrogen (secondary N) is 1. The zero-order valence-electron chi connectivity index (χ0n) is 11.9. The lowest BCUT2D eigenvalue weighted by Crippen LogP contribution is -2.42. The maximum Gasteiger partial charge on any atom is 0.316 e. The smallest absolute Gasteiger partial charge is 0.316 e. The van der Waals surface area contributed by atoms with Crippen LogP contribution in [0.4, 0.5) is 0 Å². The van der Waals surface area contributed by atoms with Crippen LogP contribution in [0.5, 0.6) is 0 Å². The summed E-state index contributed by atoms with van der Waals surface area (Å²) in [6.07, 6.45) is 4.16. The summed E-state index contributed by atoms with van der Waals surface area (Å²) in [7, 11) is 0. The minimum Gasteiger partial charge on any atom is -0.462 e. The fraction of sp³-hybridized carbons (Fsp3) is 0.562. The van der Waals surface area contributed by atoms with Gasteiger partial charge in [0.15, 0.2) is 0 Å². The number of ether oxygens (including phenoxy) is 1. The van der Waals surface area contributed by atoms with Gasteiger partial charge >= 0.3 is 5.97 Å². The maximum atomic E-state index is 12.3. The maximum absolute atomic E-state index is 12.3. The molecular formula is C16H22ClNO3. The molecule has 4 atom stereocenters. The molecular weight excluding hydrogens is 290 g/mol. The van der Waals surface area contributed by atoms with Crippen LogP contribution in [0, 0.1) is 0 Å². The molecule has 0 aliphatic carbocycles. The Kier molecular flexibility index (Phi) is 5.62. The molecule has 116 valence electrons. The molecule has 1 unspecified atom stereocenters. The molecule has 2 saturated heterocycles. The molecule has 0 aromatic heterocycles. The first kappa shape index (κ1) is 16.3. The van der Waals surface area contributed by atoms with Crippen molar-refractivity contribution in [3.8, 4) is 0 Å². The van der Waals surface area contributed by atoms with Gasteiger partial charge in [-0.15, -0.1) is 12.4 Å². The van der Waals surface area contributed by atoms with Gasteiger partial charge in [-0.1, -0.05) is 30.3 Å². The van der Waals surface area contributed by atoms with Crippen molar-refractivity contribution < 1.29 is 14.6 Å². The fourth-order valence-electron chi connectivity index (χ4n) is 3.35. The highest BCUT2D eigenvalue weighted by molar-refractivity contribution is 5.85. The van der Waals surface area contributed by atoms with Crippen LogP contribution >= 0.6 is 12.4 Å². The summed E-state index contributed by atoms with van der Waals surface area (Å²) in [5.74, 6) is -0.867. The predicted molar refractivity (Wildman–Crippen MR) is 82.6 cm³/mol. The Morgan fingerprint density at radius 2 is 1.86 bits per heavy atom. The summed E-state index contributed by atoms with van der Waals surface area (Å²) in [4.78, 5) is 12.3. The lowest BCUT2D eigenvalue weighted by molar-refractivity contribution is -0.153. The quantitative estimate of drug-likeness (QED) is 0.835. The number of rotatable bonds is 4. The number of carbonyl (C=O) groups is 1. The van der Waals surface area contributed by atoms with Crippen molar-refractivity contribution >= 4 is 18.4 Å². The van der Waals surface area contributed by atoms with Crippen molar-refractivity contribution in [1.82, 2.24) is 5.32 Å². The van der Waals surface area contributed by atoms with Gasteiger partial charge in [-0.3, -0.25) is 4.79 Å². The average Bonchev–Trinajstić information content (AvgIpc) is 2.80. The van der Waals surface area contributed by atoms with Gasteiger partial charge < -0.3 is 15.2 Å². The van der Waals surface area contributed by atoms with E-state index in [-0.39, 0.29) is 31.1 Å². The lowest BCUT2D eigenvalue weighted by Gasteiger charge is -2.29. The van der Waals surface area contributed by atoms with Crippen LogP contribution in [-0.2, 0) is 9.53 Å². The SMILES string of the molecule is Cl.O=C(OC1C[C@H]2CC[C@@H](C1)N2)[C@H](CO)c1ccccc1. The van der Waals surface area contributed by atoms with Gasteiger partial charge in [0, 0.05) is 12.1 Å². The molecule has 2 aliphatic heterocycles. The molecule has 1 aromatic carbocycles. The first-order valence-electron chi connectivity index (χ1n) is 7.38. The highest BCUT2D eigenvalue weighted by Gasteiger charge is 2.36. The van der Waals surface area contributed by atoms with Crippen LogP contribution in [0.2, 0.25) is 0 Å². The Morgan fingerprint density at radius 3 is 2.43 bits per heavy atom. The van der Waals surface area contributed by atoms with Crippen LogP contribution in [0.15, 0.2) is 30.3 Å². The van der Waals surface area contributed by atoms with Gasteiger partial charge in [0.1, 0.15) is 12.0 Å². The van der Waals surface area contributed by atoms with Crippen molar-refractivity contribution in [3.63, 3.8) is 0 Å². The second-order valence-electron chi connectivity index (χ2n) is 5.81. The van der Waals surface area contributed by atoms with E-state index in [4.69, 9.17) is 4.74 Å². The standard InChI is InChI=1S/C16H21NO3.ClH/c18-10-15(11-4-2-1-3-5-11)16(19)20-14-8-12-6-7-13(9-14)17-12;/h1-5,12-15,17-18H,6-10H2;1H/t12-,13+,14?,15-;/m1./s1. The van der Waals surface area contributed by atoms with Crippen LogP contribution in [0.25, 0.3) is 0 Å². The third-order valence-electron chi connectivity index (χ3n) is 4.38. The number of hydrogen-bond acceptors (Lipinski definition) is 4. The molecule has 5 heteroatoms. The number of fused-ring (bicyclic) bond motifs is 2. The number of hydrogen-bond donors (Lipinski definition) is 2. The Balaban J connectivity index is 0.00000161. The van der Waals surface area contributed by atoms with E-state index in [1.807, 2.05) is 30.3 Å². The van der Waals surface area contributed by atoms with Crippen LogP contribution < -0.4 is 5.32 Å². The number of esters is 1. The normalized spacial score (nSPS) is 28.5. The molecule has 0 amide bonds. The van der Waals surface area contributed by atoms with Gasteiger partial charge in [-0.05, 0) is 31.2 Å². The van der Waals surface area contributed by atoms with Crippen molar-refractivity contribution in [2.24, 2.45) is 0 Å². The molecule has 3 rings (SSSR count). The zero-order chi connectivity index (χ0) is 13.9. The molecule has 0 saturated carbocycles. The highest BCUT2D eigenvalue weighted by Crippen LogP contribution is 2.29. The average molecular weight is 312 g/mol. The number of aliphatic hydroxyl groups excluding tert-OH is 1. The third kappa shape index (κ3) is 3.76. The number of piperidine rings is 1. The molecule has 4 nitrogen and oxygen atoms in total. The molecule has 0 radical (unpaired) electrons. The zero-order valence-corrected chi connectivity index (χ0v) is 12.7. The summed E-state index contributed by atoms with van der Waals surface area (Å²) >= 11 is 0. The van der Waals surface area contributed by atoms with E-state index in [0.717, 1.165) is 18.4 Å². The third-order valence-corrected chi connectivity index (χ3v) is 4.38. The van der Waals surface area contributed by atoms with Crippen molar-refractivity contribution in [3.05, 3.63) is 35.9 Å².